The second kappa shape index (κ2) is 9.11. The van der Waals surface area contributed by atoms with Gasteiger partial charge < -0.3 is 25.4 Å². The number of hydrogen-bond acceptors (Lipinski definition) is 7. The van der Waals surface area contributed by atoms with E-state index < -0.39 is 0 Å². The molecule has 0 aromatic carbocycles. The number of nitrogens with one attached hydrogen (secondary N) is 3. The first-order valence-electron chi connectivity index (χ1n) is 11.2. The maximum absolute atomic E-state index is 12.4. The molecular weight excluding hydrogens is 394 g/mol. The van der Waals surface area contributed by atoms with Crippen LogP contribution in [-0.2, 0) is 12.8 Å². The summed E-state index contributed by atoms with van der Waals surface area (Å²) in [7, 11) is 4.09. The Bertz CT molecular complexity index is 913. The Kier molecular flexibility index (Phi) is 6.29. The first-order valence-corrected chi connectivity index (χ1v) is 11.2. The zero-order chi connectivity index (χ0) is 22.0. The van der Waals surface area contributed by atoms with Crippen molar-refractivity contribution in [3.63, 3.8) is 0 Å². The fourth-order valence-electron chi connectivity index (χ4n) is 4.57. The number of carbonyl (C=O) groups is 1. The molecule has 1 saturated carbocycles. The van der Waals surface area contributed by atoms with Crippen LogP contribution in [0, 0.1) is 13.8 Å². The van der Waals surface area contributed by atoms with Gasteiger partial charge in [0.25, 0.3) is 0 Å². The van der Waals surface area contributed by atoms with Gasteiger partial charge in [0.2, 0.25) is 5.95 Å². The Hall–Kier alpha value is -2.84. The van der Waals surface area contributed by atoms with Crippen LogP contribution in [0.15, 0.2) is 4.52 Å². The van der Waals surface area contributed by atoms with Crippen molar-refractivity contribution in [1.29, 1.82) is 0 Å². The minimum atomic E-state index is -0.209. The largest absolute Gasteiger partial charge is 0.362 e. The van der Waals surface area contributed by atoms with E-state index in [2.05, 4.69) is 26.0 Å². The number of fused-ring (bicyclic) bond motifs is 1. The summed E-state index contributed by atoms with van der Waals surface area (Å²) in [5, 5.41) is 13.4. The van der Waals surface area contributed by atoms with Gasteiger partial charge >= 0.3 is 6.03 Å². The molecule has 0 aliphatic heterocycles. The molecule has 0 atom stereocenters. The lowest BCUT2D eigenvalue weighted by molar-refractivity contribution is 0.243. The second-order valence-corrected chi connectivity index (χ2v) is 8.89. The van der Waals surface area contributed by atoms with Crippen LogP contribution in [0.25, 0.3) is 0 Å². The molecule has 0 bridgehead atoms. The highest BCUT2D eigenvalue weighted by Gasteiger charge is 2.25. The van der Waals surface area contributed by atoms with E-state index in [1.165, 1.54) is 24.1 Å². The summed E-state index contributed by atoms with van der Waals surface area (Å²) in [5.41, 5.74) is 3.83. The second-order valence-electron chi connectivity index (χ2n) is 8.89. The van der Waals surface area contributed by atoms with Crippen LogP contribution in [0.1, 0.15) is 61.2 Å². The lowest BCUT2D eigenvalue weighted by Crippen LogP contribution is -2.42. The molecule has 2 aliphatic carbocycles. The number of aryl methyl sites for hydroxylation is 3. The van der Waals surface area contributed by atoms with Crippen LogP contribution in [0.4, 0.5) is 22.2 Å². The van der Waals surface area contributed by atoms with E-state index in [1.807, 2.05) is 21.0 Å². The standard InChI is InChI=1S/C22H33N7O2/c1-13-19(14(2)31-28-13)26-22(30)24-16-11-9-15(10-12-16)23-21-25-18-8-6-5-7-17(18)20(27-21)29(3)4/h15-16H,5-12H2,1-4H3,(H,23,25,27)(H2,24,26,30)/t15-,16+. The van der Waals surface area contributed by atoms with Gasteiger partial charge in [-0.2, -0.15) is 4.98 Å². The van der Waals surface area contributed by atoms with Crippen molar-refractivity contribution in [2.75, 3.05) is 29.6 Å². The Morgan fingerprint density at radius 1 is 1.03 bits per heavy atom. The van der Waals surface area contributed by atoms with Crippen molar-refractivity contribution in [2.24, 2.45) is 0 Å². The first kappa shape index (κ1) is 21.4. The van der Waals surface area contributed by atoms with Crippen LogP contribution in [0.3, 0.4) is 0 Å². The Morgan fingerprint density at radius 3 is 2.42 bits per heavy atom. The monoisotopic (exact) mass is 427 g/mol. The van der Waals surface area contributed by atoms with Gasteiger partial charge in [0.15, 0.2) is 5.76 Å². The van der Waals surface area contributed by atoms with E-state index in [0.717, 1.165) is 50.3 Å². The molecule has 2 aromatic heterocycles. The smallest absolute Gasteiger partial charge is 0.319 e. The van der Waals surface area contributed by atoms with Gasteiger partial charge in [0, 0.05) is 31.7 Å². The van der Waals surface area contributed by atoms with Crippen LogP contribution in [0.5, 0.6) is 0 Å². The van der Waals surface area contributed by atoms with E-state index in [0.29, 0.717) is 23.2 Å². The normalized spacial score (nSPS) is 20.6. The summed E-state index contributed by atoms with van der Waals surface area (Å²) in [6.45, 7) is 3.60. The van der Waals surface area contributed by atoms with Crippen molar-refractivity contribution in [3.8, 4) is 0 Å². The zero-order valence-electron chi connectivity index (χ0n) is 18.9. The molecule has 4 rings (SSSR count). The molecule has 9 nitrogen and oxygen atoms in total. The van der Waals surface area contributed by atoms with E-state index in [9.17, 15) is 4.79 Å². The minimum absolute atomic E-state index is 0.153. The van der Waals surface area contributed by atoms with E-state index in [1.54, 1.807) is 6.92 Å². The zero-order valence-corrected chi connectivity index (χ0v) is 18.9. The third-order valence-electron chi connectivity index (χ3n) is 6.25. The SMILES string of the molecule is Cc1noc(C)c1NC(=O)N[C@H]1CC[C@@H](Nc2nc3c(c(N(C)C)n2)CCCC3)CC1. The van der Waals surface area contributed by atoms with Gasteiger partial charge in [-0.1, -0.05) is 5.16 Å². The number of aromatic nitrogens is 3. The Labute approximate surface area is 183 Å². The molecule has 168 valence electrons. The predicted molar refractivity (Wildman–Crippen MR) is 121 cm³/mol. The number of rotatable bonds is 5. The number of carbonyl (C=O) groups excluding carboxylic acids is 1. The lowest BCUT2D eigenvalue weighted by Gasteiger charge is -2.30. The average molecular weight is 428 g/mol. The van der Waals surface area contributed by atoms with Crippen LogP contribution in [0.2, 0.25) is 0 Å². The topological polar surface area (TPSA) is 108 Å². The first-order chi connectivity index (χ1) is 14.9. The van der Waals surface area contributed by atoms with Gasteiger partial charge in [0.1, 0.15) is 17.2 Å². The van der Waals surface area contributed by atoms with Gasteiger partial charge in [-0.15, -0.1) is 0 Å². The Balaban J connectivity index is 1.31. The molecule has 3 N–H and O–H groups in total. The van der Waals surface area contributed by atoms with Gasteiger partial charge in [-0.3, -0.25) is 0 Å². The number of urea groups is 1. The van der Waals surface area contributed by atoms with E-state index in [4.69, 9.17) is 14.5 Å². The van der Waals surface area contributed by atoms with Crippen LogP contribution in [-0.4, -0.2) is 47.3 Å². The quantitative estimate of drug-likeness (QED) is 0.669. The molecule has 0 saturated heterocycles. The lowest BCUT2D eigenvalue weighted by atomic mass is 9.91. The summed E-state index contributed by atoms with van der Waals surface area (Å²) in [4.78, 5) is 24.1. The molecule has 9 heteroatoms. The fraction of sp³-hybridized carbons (Fsp3) is 0.636. The number of nitrogens with zero attached hydrogens (tertiary/aromatic N) is 4. The third-order valence-corrected chi connectivity index (χ3v) is 6.25. The van der Waals surface area contributed by atoms with Crippen LogP contribution >= 0.6 is 0 Å². The maximum atomic E-state index is 12.4. The summed E-state index contributed by atoms with van der Waals surface area (Å²) in [6.07, 6.45) is 8.27. The number of hydrogen-bond donors (Lipinski definition) is 3. The van der Waals surface area contributed by atoms with Gasteiger partial charge in [-0.05, 0) is 65.2 Å². The highest BCUT2D eigenvalue weighted by Crippen LogP contribution is 2.29. The van der Waals surface area contributed by atoms with Crippen molar-refractivity contribution in [3.05, 3.63) is 22.7 Å². The minimum Gasteiger partial charge on any atom is -0.362 e. The predicted octanol–water partition coefficient (Wildman–Crippen LogP) is 3.57. The fourth-order valence-corrected chi connectivity index (χ4v) is 4.57. The Morgan fingerprint density at radius 2 is 1.74 bits per heavy atom. The summed E-state index contributed by atoms with van der Waals surface area (Å²) in [5.74, 6) is 2.39. The van der Waals surface area contributed by atoms with Crippen molar-refractivity contribution >= 4 is 23.5 Å². The van der Waals surface area contributed by atoms with Crippen molar-refractivity contribution in [1.82, 2.24) is 20.4 Å². The molecule has 2 aromatic rings. The maximum Gasteiger partial charge on any atom is 0.319 e. The highest BCUT2D eigenvalue weighted by molar-refractivity contribution is 5.90. The summed E-state index contributed by atoms with van der Waals surface area (Å²) < 4.78 is 5.10. The van der Waals surface area contributed by atoms with E-state index >= 15 is 0 Å². The van der Waals surface area contributed by atoms with Crippen molar-refractivity contribution < 1.29 is 9.32 Å². The molecular formula is C22H33N7O2. The molecule has 1 fully saturated rings. The molecule has 2 heterocycles. The summed E-state index contributed by atoms with van der Waals surface area (Å²) >= 11 is 0. The van der Waals surface area contributed by atoms with Gasteiger partial charge in [0.05, 0.1) is 5.69 Å². The number of anilines is 3. The molecule has 2 aliphatic rings. The molecule has 0 radical (unpaired) electrons. The van der Waals surface area contributed by atoms with E-state index in [-0.39, 0.29) is 12.1 Å². The summed E-state index contributed by atoms with van der Waals surface area (Å²) in [6, 6.07) is 0.264. The molecule has 0 unspecified atom stereocenters. The molecule has 0 spiro atoms. The van der Waals surface area contributed by atoms with Gasteiger partial charge in [-0.25, -0.2) is 9.78 Å². The van der Waals surface area contributed by atoms with Crippen molar-refractivity contribution in [2.45, 2.75) is 77.3 Å². The average Bonchev–Trinajstić information content (AvgIpc) is 3.06. The molecule has 2 amide bonds. The number of amides is 2. The molecule has 31 heavy (non-hydrogen) atoms. The van der Waals surface area contributed by atoms with Crippen LogP contribution < -0.4 is 20.9 Å². The third kappa shape index (κ3) is 4.91. The highest BCUT2D eigenvalue weighted by atomic mass is 16.5.